The molecule has 0 spiro atoms. The molecule has 4 nitrogen and oxygen atoms in total. The number of hydrogen-bond donors (Lipinski definition) is 1. The van der Waals surface area contributed by atoms with E-state index >= 15 is 0 Å². The van der Waals surface area contributed by atoms with Crippen LogP contribution in [0.3, 0.4) is 0 Å². The summed E-state index contributed by atoms with van der Waals surface area (Å²) in [6.45, 7) is 0.282. The third-order valence-electron chi connectivity index (χ3n) is 4.58. The molecule has 2 aromatic carbocycles. The highest BCUT2D eigenvalue weighted by Gasteiger charge is 2.18. The largest absolute Gasteiger partial charge is 0.348 e. The first-order valence-corrected chi connectivity index (χ1v) is 10.1. The molecule has 0 radical (unpaired) electrons. The fourth-order valence-corrected chi connectivity index (χ4v) is 3.78. The van der Waals surface area contributed by atoms with Crippen molar-refractivity contribution in [1.29, 1.82) is 0 Å². The summed E-state index contributed by atoms with van der Waals surface area (Å²) in [7, 11) is 0. The molecule has 4 rings (SSSR count). The maximum atomic E-state index is 13.2. The number of thiophene rings is 1. The molecule has 0 atom stereocenters. The minimum Gasteiger partial charge on any atom is -0.348 e. The highest BCUT2D eigenvalue weighted by Crippen LogP contribution is 2.24. The number of carbonyl (C=O) groups excluding carboxylic acids is 2. The van der Waals surface area contributed by atoms with Crippen LogP contribution >= 0.6 is 11.3 Å². The lowest BCUT2D eigenvalue weighted by Gasteiger charge is -2.10. The third kappa shape index (κ3) is 4.34. The molecule has 0 saturated heterocycles. The zero-order valence-electron chi connectivity index (χ0n) is 15.8. The van der Waals surface area contributed by atoms with Crippen molar-refractivity contribution in [2.24, 2.45) is 0 Å². The number of hydrogen-bond acceptors (Lipinski definition) is 4. The van der Waals surface area contributed by atoms with Gasteiger partial charge in [0, 0.05) is 40.5 Å². The van der Waals surface area contributed by atoms with E-state index in [0.29, 0.717) is 5.56 Å². The molecule has 4 aromatic rings. The Morgan fingerprint density at radius 2 is 1.70 bits per heavy atom. The van der Waals surface area contributed by atoms with E-state index in [2.05, 4.69) is 10.3 Å². The third-order valence-corrected chi connectivity index (χ3v) is 5.50. The molecule has 0 aliphatic carbocycles. The second kappa shape index (κ2) is 8.80. The van der Waals surface area contributed by atoms with Crippen LogP contribution in [-0.2, 0) is 6.54 Å². The van der Waals surface area contributed by atoms with Gasteiger partial charge in [-0.3, -0.25) is 14.6 Å². The monoisotopic (exact) mass is 416 g/mol. The first-order valence-electron chi connectivity index (χ1n) is 9.27. The molecule has 2 heterocycles. The summed E-state index contributed by atoms with van der Waals surface area (Å²) in [4.78, 5) is 31.0. The van der Waals surface area contributed by atoms with Gasteiger partial charge >= 0.3 is 0 Å². The van der Waals surface area contributed by atoms with Crippen molar-refractivity contribution < 1.29 is 14.0 Å². The van der Waals surface area contributed by atoms with E-state index in [1.54, 1.807) is 48.0 Å². The molecule has 0 saturated carbocycles. The van der Waals surface area contributed by atoms with Crippen LogP contribution in [0.4, 0.5) is 4.39 Å². The van der Waals surface area contributed by atoms with Crippen molar-refractivity contribution >= 4 is 23.0 Å². The van der Waals surface area contributed by atoms with E-state index in [1.165, 1.54) is 24.3 Å². The number of carbonyl (C=O) groups is 2. The number of rotatable bonds is 6. The molecule has 1 N–H and O–H groups in total. The highest BCUT2D eigenvalue weighted by molar-refractivity contribution is 7.13. The van der Waals surface area contributed by atoms with Gasteiger partial charge in [-0.2, -0.15) is 0 Å². The molecule has 0 unspecified atom stereocenters. The normalized spacial score (nSPS) is 10.6. The van der Waals surface area contributed by atoms with Crippen LogP contribution in [0.5, 0.6) is 0 Å². The van der Waals surface area contributed by atoms with Crippen LogP contribution < -0.4 is 5.32 Å². The Hall–Kier alpha value is -3.64. The first-order chi connectivity index (χ1) is 14.6. The van der Waals surface area contributed by atoms with E-state index in [0.717, 1.165) is 16.0 Å². The lowest BCUT2D eigenvalue weighted by atomic mass is 9.98. The molecule has 2 aromatic heterocycles. The van der Waals surface area contributed by atoms with Crippen molar-refractivity contribution in [2.45, 2.75) is 6.54 Å². The average molecular weight is 416 g/mol. The topological polar surface area (TPSA) is 59.1 Å². The van der Waals surface area contributed by atoms with Gasteiger partial charge in [-0.05, 0) is 53.4 Å². The van der Waals surface area contributed by atoms with Crippen molar-refractivity contribution in [2.75, 3.05) is 0 Å². The highest BCUT2D eigenvalue weighted by atomic mass is 32.1. The van der Waals surface area contributed by atoms with E-state index in [-0.39, 0.29) is 29.4 Å². The van der Waals surface area contributed by atoms with E-state index in [9.17, 15) is 14.0 Å². The van der Waals surface area contributed by atoms with Crippen LogP contribution in [0, 0.1) is 5.82 Å². The summed E-state index contributed by atoms with van der Waals surface area (Å²) in [5.41, 5.74) is 2.71. The fraction of sp³-hybridized carbons (Fsp3) is 0.0417. The predicted octanol–water partition coefficient (Wildman–Crippen LogP) is 5.11. The standard InChI is InChI=1S/C24H17FN2O2S/c25-19-9-7-17(8-10-19)23(28)20-4-1-2-5-21(20)24(29)27-14-16-12-18(15-26-13-16)22-6-3-11-30-22/h1-13,15H,14H2,(H,27,29). The number of pyridine rings is 1. The van der Waals surface area contributed by atoms with Gasteiger partial charge in [0.2, 0.25) is 0 Å². The summed E-state index contributed by atoms with van der Waals surface area (Å²) in [5, 5.41) is 4.85. The molecule has 0 fully saturated rings. The predicted molar refractivity (Wildman–Crippen MR) is 115 cm³/mol. The Balaban J connectivity index is 1.51. The van der Waals surface area contributed by atoms with E-state index < -0.39 is 5.82 Å². The van der Waals surface area contributed by atoms with Gasteiger partial charge < -0.3 is 5.32 Å². The Morgan fingerprint density at radius 3 is 2.43 bits per heavy atom. The molecule has 0 bridgehead atoms. The van der Waals surface area contributed by atoms with Gasteiger partial charge in [0.05, 0.1) is 5.56 Å². The quantitative estimate of drug-likeness (QED) is 0.444. The molecule has 0 aliphatic heterocycles. The zero-order valence-corrected chi connectivity index (χ0v) is 16.7. The molecule has 148 valence electrons. The molecule has 6 heteroatoms. The zero-order chi connectivity index (χ0) is 20.9. The average Bonchev–Trinajstić information content (AvgIpc) is 3.33. The summed E-state index contributed by atoms with van der Waals surface area (Å²) < 4.78 is 13.2. The van der Waals surface area contributed by atoms with Gasteiger partial charge in [0.1, 0.15) is 5.82 Å². The number of nitrogens with one attached hydrogen (secondary N) is 1. The Morgan fingerprint density at radius 1 is 0.933 bits per heavy atom. The van der Waals surface area contributed by atoms with E-state index in [1.807, 2.05) is 23.6 Å². The molecule has 30 heavy (non-hydrogen) atoms. The van der Waals surface area contributed by atoms with Crippen LogP contribution in [-0.4, -0.2) is 16.7 Å². The molecular formula is C24H17FN2O2S. The number of benzene rings is 2. The molecule has 0 aliphatic rings. The van der Waals surface area contributed by atoms with Crippen molar-refractivity contribution in [3.63, 3.8) is 0 Å². The second-order valence-electron chi connectivity index (χ2n) is 6.62. The lowest BCUT2D eigenvalue weighted by molar-refractivity contribution is 0.0939. The Bertz CT molecular complexity index is 1190. The van der Waals surface area contributed by atoms with E-state index in [4.69, 9.17) is 0 Å². The number of aromatic nitrogens is 1. The Kier molecular flexibility index (Phi) is 5.77. The minimum atomic E-state index is -0.420. The van der Waals surface area contributed by atoms with Gasteiger partial charge in [0.25, 0.3) is 5.91 Å². The summed E-state index contributed by atoms with van der Waals surface area (Å²) in [6.07, 6.45) is 3.49. The van der Waals surface area contributed by atoms with Crippen molar-refractivity contribution in [3.05, 3.63) is 113 Å². The molecular weight excluding hydrogens is 399 g/mol. The van der Waals surface area contributed by atoms with Crippen molar-refractivity contribution in [1.82, 2.24) is 10.3 Å². The second-order valence-corrected chi connectivity index (χ2v) is 7.57. The first kappa shape index (κ1) is 19.7. The van der Waals surface area contributed by atoms with Gasteiger partial charge in [-0.25, -0.2) is 4.39 Å². The smallest absolute Gasteiger partial charge is 0.252 e. The summed E-state index contributed by atoms with van der Waals surface area (Å²) >= 11 is 1.62. The van der Waals surface area contributed by atoms with Crippen molar-refractivity contribution in [3.8, 4) is 10.4 Å². The number of halogens is 1. The molecule has 1 amide bonds. The SMILES string of the molecule is O=C(NCc1cncc(-c2cccs2)c1)c1ccccc1C(=O)c1ccc(F)cc1. The van der Waals surface area contributed by atoms with Gasteiger partial charge in [-0.15, -0.1) is 11.3 Å². The van der Waals surface area contributed by atoms with Crippen LogP contribution in [0.2, 0.25) is 0 Å². The summed E-state index contributed by atoms with van der Waals surface area (Å²) in [5.74, 6) is -1.11. The van der Waals surface area contributed by atoms with Gasteiger partial charge in [-0.1, -0.05) is 24.3 Å². The van der Waals surface area contributed by atoms with Crippen LogP contribution in [0.15, 0.2) is 84.5 Å². The van der Waals surface area contributed by atoms with Gasteiger partial charge in [0.15, 0.2) is 5.78 Å². The van der Waals surface area contributed by atoms with Crippen LogP contribution in [0.25, 0.3) is 10.4 Å². The Labute approximate surface area is 177 Å². The summed E-state index contributed by atoms with van der Waals surface area (Å²) in [6, 6.07) is 17.8. The fourth-order valence-electron chi connectivity index (χ4n) is 3.08. The van der Waals surface area contributed by atoms with Crippen LogP contribution in [0.1, 0.15) is 31.8 Å². The minimum absolute atomic E-state index is 0.270. The maximum Gasteiger partial charge on any atom is 0.252 e. The maximum absolute atomic E-state index is 13.2. The number of nitrogens with zero attached hydrogens (tertiary/aromatic N) is 1. The lowest BCUT2D eigenvalue weighted by Crippen LogP contribution is -2.25. The number of ketones is 1. The number of amides is 1.